The second-order valence-corrected chi connectivity index (χ2v) is 6.65. The third-order valence-corrected chi connectivity index (χ3v) is 4.97. The van der Waals surface area contributed by atoms with Gasteiger partial charge in [0.05, 0.1) is 18.4 Å². The molecule has 0 aliphatic carbocycles. The third kappa shape index (κ3) is 3.81. The largest absolute Gasteiger partial charge is 0.497 e. The summed E-state index contributed by atoms with van der Waals surface area (Å²) >= 11 is 0. The van der Waals surface area contributed by atoms with E-state index in [9.17, 15) is 4.79 Å². The number of methoxy groups -OCH3 is 1. The van der Waals surface area contributed by atoms with Gasteiger partial charge in [0, 0.05) is 56.0 Å². The number of pyridine rings is 2. The van der Waals surface area contributed by atoms with E-state index in [4.69, 9.17) is 4.74 Å². The second kappa shape index (κ2) is 8.08. The summed E-state index contributed by atoms with van der Waals surface area (Å²) in [4.78, 5) is 25.5. The Morgan fingerprint density at radius 3 is 2.36 bits per heavy atom. The van der Waals surface area contributed by atoms with Crippen molar-refractivity contribution in [3.63, 3.8) is 0 Å². The minimum atomic E-state index is 0.0274. The highest BCUT2D eigenvalue weighted by atomic mass is 16.5. The highest BCUT2D eigenvalue weighted by Gasteiger charge is 2.22. The molecule has 1 fully saturated rings. The summed E-state index contributed by atoms with van der Waals surface area (Å²) in [5, 5.41) is 0. The molecule has 1 aliphatic rings. The van der Waals surface area contributed by atoms with Crippen LogP contribution in [0.4, 0.5) is 5.69 Å². The molecule has 1 aromatic carbocycles. The molecule has 0 saturated carbocycles. The van der Waals surface area contributed by atoms with Gasteiger partial charge in [0.25, 0.3) is 5.91 Å². The molecule has 6 heteroatoms. The van der Waals surface area contributed by atoms with Crippen LogP contribution < -0.4 is 9.64 Å². The molecule has 6 nitrogen and oxygen atoms in total. The Morgan fingerprint density at radius 1 is 0.964 bits per heavy atom. The quantitative estimate of drug-likeness (QED) is 0.702. The van der Waals surface area contributed by atoms with Gasteiger partial charge in [0.1, 0.15) is 5.75 Å². The zero-order chi connectivity index (χ0) is 19.3. The van der Waals surface area contributed by atoms with Crippen molar-refractivity contribution in [2.75, 3.05) is 38.2 Å². The van der Waals surface area contributed by atoms with E-state index in [2.05, 4.69) is 27.0 Å². The second-order valence-electron chi connectivity index (χ2n) is 6.65. The van der Waals surface area contributed by atoms with Gasteiger partial charge in [-0.15, -0.1) is 0 Å². The molecule has 1 aliphatic heterocycles. The molecule has 142 valence electrons. The molecule has 0 spiro atoms. The molecule has 4 rings (SSSR count). The van der Waals surface area contributed by atoms with Crippen LogP contribution in [0.3, 0.4) is 0 Å². The Labute approximate surface area is 164 Å². The molecule has 3 aromatic rings. The number of ether oxygens (including phenoxy) is 1. The Hall–Kier alpha value is -3.41. The number of aromatic nitrogens is 2. The van der Waals surface area contributed by atoms with E-state index in [1.54, 1.807) is 25.7 Å². The number of piperazine rings is 1. The lowest BCUT2D eigenvalue weighted by atomic mass is 10.1. The first-order chi connectivity index (χ1) is 13.7. The predicted octanol–water partition coefficient (Wildman–Crippen LogP) is 3.11. The van der Waals surface area contributed by atoms with E-state index in [0.29, 0.717) is 18.7 Å². The van der Waals surface area contributed by atoms with Crippen molar-refractivity contribution in [3.8, 4) is 17.0 Å². The maximum Gasteiger partial charge on any atom is 0.255 e. The number of hydrogen-bond donors (Lipinski definition) is 0. The van der Waals surface area contributed by atoms with E-state index in [0.717, 1.165) is 35.8 Å². The van der Waals surface area contributed by atoms with Crippen molar-refractivity contribution in [2.45, 2.75) is 0 Å². The maximum absolute atomic E-state index is 12.8. The first kappa shape index (κ1) is 18.0. The molecule has 0 radical (unpaired) electrons. The van der Waals surface area contributed by atoms with Crippen molar-refractivity contribution in [3.05, 3.63) is 72.7 Å². The molecule has 3 heterocycles. The number of rotatable bonds is 4. The summed E-state index contributed by atoms with van der Waals surface area (Å²) in [7, 11) is 1.66. The average molecular weight is 374 g/mol. The first-order valence-corrected chi connectivity index (χ1v) is 9.29. The van der Waals surface area contributed by atoms with Crippen molar-refractivity contribution in [1.82, 2.24) is 14.9 Å². The van der Waals surface area contributed by atoms with E-state index in [1.165, 1.54) is 0 Å². The number of nitrogens with zero attached hydrogens (tertiary/aromatic N) is 4. The molecular weight excluding hydrogens is 352 g/mol. The topological polar surface area (TPSA) is 58.6 Å². The van der Waals surface area contributed by atoms with Crippen LogP contribution in [-0.4, -0.2) is 54.1 Å². The van der Waals surface area contributed by atoms with Crippen molar-refractivity contribution in [1.29, 1.82) is 0 Å². The number of carbonyl (C=O) groups is 1. The fraction of sp³-hybridized carbons (Fsp3) is 0.227. The van der Waals surface area contributed by atoms with E-state index in [1.807, 2.05) is 41.3 Å². The van der Waals surface area contributed by atoms with Gasteiger partial charge in [-0.2, -0.15) is 0 Å². The Morgan fingerprint density at radius 2 is 1.75 bits per heavy atom. The molecule has 0 atom stereocenters. The number of hydrogen-bond acceptors (Lipinski definition) is 5. The molecule has 28 heavy (non-hydrogen) atoms. The predicted molar refractivity (Wildman–Crippen MR) is 109 cm³/mol. The summed E-state index contributed by atoms with van der Waals surface area (Å²) in [5.74, 6) is 0.874. The highest BCUT2D eigenvalue weighted by molar-refractivity contribution is 5.94. The standard InChI is InChI=1S/C22H22N4O2/c1-28-20-7-5-19(6-8-20)25-11-13-26(14-12-25)22(27)18-4-9-21(24-16-18)17-3-2-10-23-15-17/h2-10,15-16H,11-14H2,1H3. The number of carbonyl (C=O) groups excluding carboxylic acids is 1. The highest BCUT2D eigenvalue weighted by Crippen LogP contribution is 2.21. The summed E-state index contributed by atoms with van der Waals surface area (Å²) < 4.78 is 5.21. The smallest absolute Gasteiger partial charge is 0.255 e. The normalized spacial score (nSPS) is 14.0. The number of anilines is 1. The summed E-state index contributed by atoms with van der Waals surface area (Å²) in [5.41, 5.74) is 3.52. The lowest BCUT2D eigenvalue weighted by molar-refractivity contribution is 0.0746. The van der Waals surface area contributed by atoms with Crippen molar-refractivity contribution < 1.29 is 9.53 Å². The lowest BCUT2D eigenvalue weighted by Crippen LogP contribution is -2.48. The Bertz CT molecular complexity index is 919. The molecular formula is C22H22N4O2. The van der Waals surface area contributed by atoms with Gasteiger partial charge in [0.15, 0.2) is 0 Å². The van der Waals surface area contributed by atoms with Crippen LogP contribution in [0, 0.1) is 0 Å². The van der Waals surface area contributed by atoms with Gasteiger partial charge < -0.3 is 14.5 Å². The van der Waals surface area contributed by atoms with Gasteiger partial charge in [-0.3, -0.25) is 14.8 Å². The molecule has 1 saturated heterocycles. The fourth-order valence-corrected chi connectivity index (χ4v) is 3.35. The average Bonchev–Trinajstić information content (AvgIpc) is 2.79. The fourth-order valence-electron chi connectivity index (χ4n) is 3.35. The van der Waals surface area contributed by atoms with Crippen LogP contribution in [0.2, 0.25) is 0 Å². The minimum Gasteiger partial charge on any atom is -0.497 e. The van der Waals surface area contributed by atoms with Gasteiger partial charge in [0.2, 0.25) is 0 Å². The van der Waals surface area contributed by atoms with Crippen LogP contribution in [0.5, 0.6) is 5.75 Å². The molecule has 0 unspecified atom stereocenters. The van der Waals surface area contributed by atoms with Crippen molar-refractivity contribution in [2.24, 2.45) is 0 Å². The maximum atomic E-state index is 12.8. The summed E-state index contributed by atoms with van der Waals surface area (Å²) in [6.07, 6.45) is 5.15. The Balaban J connectivity index is 1.38. The van der Waals surface area contributed by atoms with Gasteiger partial charge in [-0.05, 0) is 48.5 Å². The van der Waals surface area contributed by atoms with E-state index in [-0.39, 0.29) is 5.91 Å². The number of benzene rings is 1. The zero-order valence-corrected chi connectivity index (χ0v) is 15.8. The monoisotopic (exact) mass is 374 g/mol. The first-order valence-electron chi connectivity index (χ1n) is 9.29. The SMILES string of the molecule is COc1ccc(N2CCN(C(=O)c3ccc(-c4cccnc4)nc3)CC2)cc1. The van der Waals surface area contributed by atoms with Crippen LogP contribution in [0.1, 0.15) is 10.4 Å². The van der Waals surface area contributed by atoms with Gasteiger partial charge in [-0.25, -0.2) is 0 Å². The molecule has 0 bridgehead atoms. The van der Waals surface area contributed by atoms with Crippen LogP contribution in [0.15, 0.2) is 67.1 Å². The molecule has 0 N–H and O–H groups in total. The van der Waals surface area contributed by atoms with Gasteiger partial charge >= 0.3 is 0 Å². The van der Waals surface area contributed by atoms with E-state index < -0.39 is 0 Å². The Kier molecular flexibility index (Phi) is 5.19. The van der Waals surface area contributed by atoms with Crippen LogP contribution >= 0.6 is 0 Å². The lowest BCUT2D eigenvalue weighted by Gasteiger charge is -2.36. The molecule has 1 amide bonds. The van der Waals surface area contributed by atoms with Crippen LogP contribution in [0.25, 0.3) is 11.3 Å². The third-order valence-electron chi connectivity index (χ3n) is 4.97. The number of amides is 1. The van der Waals surface area contributed by atoms with E-state index >= 15 is 0 Å². The summed E-state index contributed by atoms with van der Waals surface area (Å²) in [6.45, 7) is 2.99. The molecule has 2 aromatic heterocycles. The minimum absolute atomic E-state index is 0.0274. The zero-order valence-electron chi connectivity index (χ0n) is 15.8. The van der Waals surface area contributed by atoms with Crippen molar-refractivity contribution >= 4 is 11.6 Å². The van der Waals surface area contributed by atoms with Crippen LogP contribution in [-0.2, 0) is 0 Å². The van der Waals surface area contributed by atoms with Gasteiger partial charge in [-0.1, -0.05) is 0 Å². The summed E-state index contributed by atoms with van der Waals surface area (Å²) in [6, 6.07) is 15.6.